The first-order chi connectivity index (χ1) is 15.2. The molecular weight excluding hydrogens is 400 g/mol. The molecule has 2 aromatic carbocycles. The van der Waals surface area contributed by atoms with Gasteiger partial charge in [-0.05, 0) is 67.5 Å². The zero-order valence-electron chi connectivity index (χ0n) is 19.6. The molecule has 0 atom stereocenters. The number of nitrogens with one attached hydrogen (secondary N) is 1. The number of aliphatic hydroxyl groups is 1. The van der Waals surface area contributed by atoms with Crippen molar-refractivity contribution >= 4 is 16.9 Å². The number of amides is 1. The number of piperidine rings is 1. The summed E-state index contributed by atoms with van der Waals surface area (Å²) in [5.74, 6) is 0.493. The van der Waals surface area contributed by atoms with Crippen LogP contribution < -0.4 is 5.32 Å². The zero-order chi connectivity index (χ0) is 22.9. The zero-order valence-corrected chi connectivity index (χ0v) is 19.6. The molecule has 5 nitrogen and oxygen atoms in total. The maximum Gasteiger partial charge on any atom is 0.287 e. The van der Waals surface area contributed by atoms with E-state index in [0.717, 1.165) is 30.6 Å². The van der Waals surface area contributed by atoms with Crippen molar-refractivity contribution in [1.82, 2.24) is 10.2 Å². The highest BCUT2D eigenvalue weighted by Gasteiger charge is 2.34. The van der Waals surface area contributed by atoms with Crippen molar-refractivity contribution in [3.63, 3.8) is 0 Å². The van der Waals surface area contributed by atoms with E-state index < -0.39 is 5.60 Å². The molecule has 4 rings (SSSR count). The van der Waals surface area contributed by atoms with Crippen molar-refractivity contribution in [3.05, 3.63) is 70.5 Å². The second-order valence-electron chi connectivity index (χ2n) is 9.70. The van der Waals surface area contributed by atoms with E-state index in [0.29, 0.717) is 36.6 Å². The van der Waals surface area contributed by atoms with E-state index in [1.807, 2.05) is 18.2 Å². The van der Waals surface area contributed by atoms with Gasteiger partial charge in [0.2, 0.25) is 0 Å². The van der Waals surface area contributed by atoms with Gasteiger partial charge in [-0.3, -0.25) is 9.69 Å². The summed E-state index contributed by atoms with van der Waals surface area (Å²) < 4.78 is 5.74. The molecule has 3 aromatic rings. The molecule has 0 radical (unpaired) electrons. The van der Waals surface area contributed by atoms with Crippen LogP contribution in [0.4, 0.5) is 0 Å². The summed E-state index contributed by atoms with van der Waals surface area (Å²) in [5, 5.41) is 15.1. The van der Waals surface area contributed by atoms with Gasteiger partial charge in [-0.1, -0.05) is 43.7 Å². The molecule has 0 unspecified atom stereocenters. The number of aryl methyl sites for hydroxylation is 2. The third-order valence-electron chi connectivity index (χ3n) is 6.52. The van der Waals surface area contributed by atoms with Crippen LogP contribution in [-0.4, -0.2) is 35.5 Å². The van der Waals surface area contributed by atoms with Crippen LogP contribution in [0.3, 0.4) is 0 Å². The van der Waals surface area contributed by atoms with Gasteiger partial charge in [0.25, 0.3) is 5.91 Å². The number of nitrogens with zero attached hydrogens (tertiary/aromatic N) is 1. The third-order valence-corrected chi connectivity index (χ3v) is 6.52. The van der Waals surface area contributed by atoms with E-state index in [1.165, 1.54) is 16.7 Å². The Kier molecular flexibility index (Phi) is 6.40. The predicted octanol–water partition coefficient (Wildman–Crippen LogP) is 4.92. The van der Waals surface area contributed by atoms with Crippen molar-refractivity contribution < 1.29 is 14.3 Å². The van der Waals surface area contributed by atoms with Crippen LogP contribution in [0.1, 0.15) is 59.5 Å². The highest BCUT2D eigenvalue weighted by atomic mass is 16.3. The fraction of sp³-hybridized carbons (Fsp3) is 0.444. The molecule has 1 aliphatic heterocycles. The number of carbonyl (C=O) groups is 1. The Hall–Kier alpha value is -2.63. The normalized spacial score (nSPS) is 16.6. The molecule has 1 aromatic heterocycles. The van der Waals surface area contributed by atoms with Crippen LogP contribution in [-0.2, 0) is 12.1 Å². The molecule has 32 heavy (non-hydrogen) atoms. The lowest BCUT2D eigenvalue weighted by molar-refractivity contribution is -0.0276. The van der Waals surface area contributed by atoms with Gasteiger partial charge < -0.3 is 14.8 Å². The van der Waals surface area contributed by atoms with E-state index in [2.05, 4.69) is 56.1 Å². The number of furan rings is 1. The van der Waals surface area contributed by atoms with Gasteiger partial charge in [0.05, 0.1) is 5.60 Å². The van der Waals surface area contributed by atoms with E-state index in [4.69, 9.17) is 4.42 Å². The van der Waals surface area contributed by atoms with Crippen LogP contribution >= 0.6 is 0 Å². The summed E-state index contributed by atoms with van der Waals surface area (Å²) >= 11 is 0. The van der Waals surface area contributed by atoms with Gasteiger partial charge in [-0.15, -0.1) is 0 Å². The smallest absolute Gasteiger partial charge is 0.287 e. The number of rotatable bonds is 6. The van der Waals surface area contributed by atoms with E-state index >= 15 is 0 Å². The summed E-state index contributed by atoms with van der Waals surface area (Å²) in [4.78, 5) is 14.8. The Bertz CT molecular complexity index is 1110. The first kappa shape index (κ1) is 22.6. The molecule has 0 saturated carbocycles. The Morgan fingerprint density at radius 3 is 2.56 bits per heavy atom. The summed E-state index contributed by atoms with van der Waals surface area (Å²) in [5.41, 5.74) is 4.66. The van der Waals surface area contributed by atoms with Crippen molar-refractivity contribution in [3.8, 4) is 0 Å². The molecule has 2 heterocycles. The van der Waals surface area contributed by atoms with Gasteiger partial charge in [-0.2, -0.15) is 0 Å². The molecule has 0 bridgehead atoms. The second kappa shape index (κ2) is 9.08. The Morgan fingerprint density at radius 1 is 1.12 bits per heavy atom. The quantitative estimate of drug-likeness (QED) is 0.578. The molecule has 0 aliphatic carbocycles. The van der Waals surface area contributed by atoms with Gasteiger partial charge in [0.15, 0.2) is 5.76 Å². The van der Waals surface area contributed by atoms with Crippen molar-refractivity contribution in [2.24, 2.45) is 5.92 Å². The third kappa shape index (κ3) is 4.89. The lowest BCUT2D eigenvalue weighted by Gasteiger charge is -2.38. The Labute approximate surface area is 190 Å². The molecule has 0 spiro atoms. The topological polar surface area (TPSA) is 65.7 Å². The number of likely N-dealkylation sites (tertiary alicyclic amines) is 1. The fourth-order valence-electron chi connectivity index (χ4n) is 4.46. The average molecular weight is 435 g/mol. The lowest BCUT2D eigenvalue weighted by Crippen LogP contribution is -2.42. The summed E-state index contributed by atoms with van der Waals surface area (Å²) in [6.07, 6.45) is 1.37. The molecule has 2 N–H and O–H groups in total. The Morgan fingerprint density at radius 2 is 1.88 bits per heavy atom. The second-order valence-corrected chi connectivity index (χ2v) is 9.70. The highest BCUT2D eigenvalue weighted by Crippen LogP contribution is 2.35. The molecule has 170 valence electrons. The molecule has 1 saturated heterocycles. The summed E-state index contributed by atoms with van der Waals surface area (Å²) in [6.45, 7) is 11.6. The van der Waals surface area contributed by atoms with Gasteiger partial charge in [0.1, 0.15) is 5.58 Å². The van der Waals surface area contributed by atoms with Gasteiger partial charge in [0, 0.05) is 31.6 Å². The van der Waals surface area contributed by atoms with Crippen molar-refractivity contribution in [2.75, 3.05) is 19.6 Å². The predicted molar refractivity (Wildman–Crippen MR) is 128 cm³/mol. The molecular formula is C27H34N2O3. The standard InChI is InChI=1S/C27H34N2O3/c1-18(2)16-28-26(30)25-15-22-14-23(7-8-24(22)32-25)27(31)9-11-29(12-10-27)17-21-6-5-19(3)13-20(21)4/h5-8,13-15,18,31H,9-12,16-17H2,1-4H3,(H,28,30). The van der Waals surface area contributed by atoms with Crippen LogP contribution in [0.5, 0.6) is 0 Å². The number of carbonyl (C=O) groups excluding carboxylic acids is 1. The van der Waals surface area contributed by atoms with Crippen molar-refractivity contribution in [2.45, 2.75) is 52.7 Å². The van der Waals surface area contributed by atoms with Crippen LogP contribution in [0, 0.1) is 19.8 Å². The van der Waals surface area contributed by atoms with E-state index in [9.17, 15) is 9.90 Å². The highest BCUT2D eigenvalue weighted by molar-refractivity contribution is 5.96. The van der Waals surface area contributed by atoms with Crippen LogP contribution in [0.15, 0.2) is 46.9 Å². The molecule has 1 amide bonds. The maximum absolute atomic E-state index is 12.3. The Balaban J connectivity index is 1.44. The van der Waals surface area contributed by atoms with Crippen LogP contribution in [0.2, 0.25) is 0 Å². The van der Waals surface area contributed by atoms with Gasteiger partial charge in [-0.25, -0.2) is 0 Å². The monoisotopic (exact) mass is 434 g/mol. The maximum atomic E-state index is 12.3. The minimum absolute atomic E-state index is 0.199. The molecule has 1 fully saturated rings. The SMILES string of the molecule is Cc1ccc(CN2CCC(O)(c3ccc4oc(C(=O)NCC(C)C)cc4c3)CC2)c(C)c1. The minimum Gasteiger partial charge on any atom is -0.451 e. The lowest BCUT2D eigenvalue weighted by atomic mass is 9.84. The van der Waals surface area contributed by atoms with E-state index in [-0.39, 0.29) is 5.91 Å². The summed E-state index contributed by atoms with van der Waals surface area (Å²) in [7, 11) is 0. The fourth-order valence-corrected chi connectivity index (χ4v) is 4.46. The number of hydrogen-bond acceptors (Lipinski definition) is 4. The average Bonchev–Trinajstić information content (AvgIpc) is 3.19. The molecule has 1 aliphatic rings. The van der Waals surface area contributed by atoms with Gasteiger partial charge >= 0.3 is 0 Å². The first-order valence-corrected chi connectivity index (χ1v) is 11.6. The first-order valence-electron chi connectivity index (χ1n) is 11.6. The largest absolute Gasteiger partial charge is 0.451 e. The number of hydrogen-bond donors (Lipinski definition) is 2. The van der Waals surface area contributed by atoms with E-state index in [1.54, 1.807) is 6.07 Å². The number of benzene rings is 2. The van der Waals surface area contributed by atoms with Crippen molar-refractivity contribution in [1.29, 1.82) is 0 Å². The number of fused-ring (bicyclic) bond motifs is 1. The molecule has 5 heteroatoms. The van der Waals surface area contributed by atoms with Crippen LogP contribution in [0.25, 0.3) is 11.0 Å². The summed E-state index contributed by atoms with van der Waals surface area (Å²) in [6, 6.07) is 14.1. The minimum atomic E-state index is -0.857.